The van der Waals surface area contributed by atoms with E-state index in [0.717, 1.165) is 11.1 Å². The topological polar surface area (TPSA) is 171 Å². The van der Waals surface area contributed by atoms with E-state index in [0.29, 0.717) is 50.0 Å². The standard InChI is InChI=1S/C32H44ClN5O7S/c1-2-32(11-10-30(41)37-12-14-45-15-13-37,36-46(43,44)22-23-6-4-3-5-7-23)31(42)38-21-27(39)17-28(38)29(40)20-35-19-25-16-26(33)9-8-24(25)18-34/h3-9,16,27-28,35-36,39H,2,10-15,17-22,34H2,1H3. The average molecular weight is 678 g/mol. The predicted molar refractivity (Wildman–Crippen MR) is 174 cm³/mol. The lowest BCUT2D eigenvalue weighted by Gasteiger charge is -2.38. The molecule has 2 saturated heterocycles. The number of nitrogens with one attached hydrogen (secondary N) is 2. The summed E-state index contributed by atoms with van der Waals surface area (Å²) >= 11 is 6.14. The molecule has 2 heterocycles. The Kier molecular flexibility index (Phi) is 12.7. The van der Waals surface area contributed by atoms with Gasteiger partial charge in [-0.3, -0.25) is 14.4 Å². The molecule has 5 N–H and O–H groups in total. The second kappa shape index (κ2) is 16.3. The van der Waals surface area contributed by atoms with Gasteiger partial charge in [-0.2, -0.15) is 4.72 Å². The van der Waals surface area contributed by atoms with E-state index in [9.17, 15) is 27.9 Å². The normalized spacial score (nSPS) is 20.0. The number of ether oxygens (including phenoxy) is 1. The van der Waals surface area contributed by atoms with Gasteiger partial charge in [0.15, 0.2) is 5.78 Å². The number of carbonyl (C=O) groups excluding carboxylic acids is 3. The second-order valence-electron chi connectivity index (χ2n) is 11.8. The summed E-state index contributed by atoms with van der Waals surface area (Å²) in [4.78, 5) is 44.0. The number of ketones is 1. The highest BCUT2D eigenvalue weighted by molar-refractivity contribution is 7.88. The molecule has 0 aliphatic carbocycles. The van der Waals surface area contributed by atoms with Crippen LogP contribution in [0.3, 0.4) is 0 Å². The van der Waals surface area contributed by atoms with E-state index in [-0.39, 0.29) is 56.2 Å². The molecular formula is C32H44ClN5O7S. The summed E-state index contributed by atoms with van der Waals surface area (Å²) in [6, 6.07) is 12.9. The number of aliphatic hydroxyl groups is 1. The number of carbonyl (C=O) groups is 3. The van der Waals surface area contributed by atoms with Crippen LogP contribution in [0.1, 0.15) is 49.3 Å². The van der Waals surface area contributed by atoms with Crippen molar-refractivity contribution < 1.29 is 32.6 Å². The van der Waals surface area contributed by atoms with Crippen molar-refractivity contribution in [3.05, 3.63) is 70.2 Å². The van der Waals surface area contributed by atoms with Gasteiger partial charge in [0.25, 0.3) is 0 Å². The number of aliphatic hydroxyl groups excluding tert-OH is 1. The van der Waals surface area contributed by atoms with Crippen molar-refractivity contribution >= 4 is 39.2 Å². The summed E-state index contributed by atoms with van der Waals surface area (Å²) in [6.07, 6.45) is -1.14. The third kappa shape index (κ3) is 9.34. The van der Waals surface area contributed by atoms with E-state index < -0.39 is 33.6 Å². The van der Waals surface area contributed by atoms with E-state index in [1.165, 1.54) is 4.90 Å². The van der Waals surface area contributed by atoms with E-state index in [4.69, 9.17) is 22.1 Å². The minimum Gasteiger partial charge on any atom is -0.391 e. The highest BCUT2D eigenvalue weighted by Crippen LogP contribution is 2.29. The van der Waals surface area contributed by atoms with Crippen LogP contribution in [0, 0.1) is 0 Å². The SMILES string of the molecule is CCC(CCC(=O)N1CCOCC1)(NS(=O)(=O)Cc1ccccc1)C(=O)N1CC(O)CC1C(=O)CNCc1cc(Cl)ccc1CN. The zero-order valence-electron chi connectivity index (χ0n) is 26.1. The van der Waals surface area contributed by atoms with Crippen LogP contribution in [0.5, 0.6) is 0 Å². The first kappa shape index (κ1) is 35.9. The Balaban J connectivity index is 1.54. The first-order chi connectivity index (χ1) is 22.0. The summed E-state index contributed by atoms with van der Waals surface area (Å²) in [5.74, 6) is -1.56. The third-order valence-electron chi connectivity index (χ3n) is 8.61. The van der Waals surface area contributed by atoms with Gasteiger partial charge in [0, 0.05) is 50.6 Å². The Hall–Kier alpha value is -2.91. The highest BCUT2D eigenvalue weighted by Gasteiger charge is 2.48. The van der Waals surface area contributed by atoms with Crippen LogP contribution in [-0.4, -0.2) is 98.0 Å². The fourth-order valence-corrected chi connectivity index (χ4v) is 7.86. The van der Waals surface area contributed by atoms with Crippen LogP contribution in [-0.2, 0) is 48.0 Å². The summed E-state index contributed by atoms with van der Waals surface area (Å²) in [7, 11) is -4.08. The van der Waals surface area contributed by atoms with Gasteiger partial charge in [-0.25, -0.2) is 8.42 Å². The number of nitrogens with zero attached hydrogens (tertiary/aromatic N) is 2. The van der Waals surface area contributed by atoms with Gasteiger partial charge in [-0.05, 0) is 41.7 Å². The van der Waals surface area contributed by atoms with Gasteiger partial charge in [0.1, 0.15) is 5.54 Å². The molecule has 4 rings (SSSR count). The van der Waals surface area contributed by atoms with E-state index in [1.807, 2.05) is 6.07 Å². The Bertz CT molecular complexity index is 1470. The largest absolute Gasteiger partial charge is 0.391 e. The number of halogens is 1. The van der Waals surface area contributed by atoms with Crippen molar-refractivity contribution in [2.75, 3.05) is 39.4 Å². The lowest BCUT2D eigenvalue weighted by atomic mass is 9.89. The minimum atomic E-state index is -4.08. The molecule has 0 bridgehead atoms. The van der Waals surface area contributed by atoms with Gasteiger partial charge in [-0.15, -0.1) is 0 Å². The molecule has 252 valence electrons. The Morgan fingerprint density at radius 3 is 2.50 bits per heavy atom. The number of benzene rings is 2. The van der Waals surface area contributed by atoms with Crippen molar-refractivity contribution in [2.45, 2.75) is 69.1 Å². The van der Waals surface area contributed by atoms with Crippen molar-refractivity contribution in [1.82, 2.24) is 19.8 Å². The number of β-amino-alcohol motifs (C(OH)–C–C–N with tert-alkyl or cyclic N) is 1. The van der Waals surface area contributed by atoms with E-state index in [2.05, 4.69) is 10.0 Å². The van der Waals surface area contributed by atoms with Crippen molar-refractivity contribution in [3.8, 4) is 0 Å². The first-order valence-corrected chi connectivity index (χ1v) is 17.6. The fraction of sp³-hybridized carbons (Fsp3) is 0.531. The van der Waals surface area contributed by atoms with Crippen LogP contribution < -0.4 is 15.8 Å². The molecule has 0 radical (unpaired) electrons. The quantitative estimate of drug-likeness (QED) is 0.217. The molecule has 0 spiro atoms. The van der Waals surface area contributed by atoms with Gasteiger partial charge in [0.05, 0.1) is 37.7 Å². The monoisotopic (exact) mass is 677 g/mol. The number of morpholine rings is 1. The van der Waals surface area contributed by atoms with E-state index in [1.54, 1.807) is 54.3 Å². The van der Waals surface area contributed by atoms with Crippen LogP contribution in [0.4, 0.5) is 0 Å². The van der Waals surface area contributed by atoms with Crippen LogP contribution in [0.15, 0.2) is 48.5 Å². The number of hydrogen-bond acceptors (Lipinski definition) is 9. The number of rotatable bonds is 15. The summed E-state index contributed by atoms with van der Waals surface area (Å²) in [6.45, 7) is 3.67. The van der Waals surface area contributed by atoms with Crippen LogP contribution in [0.25, 0.3) is 0 Å². The zero-order chi connectivity index (χ0) is 33.3. The number of sulfonamides is 1. The molecule has 14 heteroatoms. The molecule has 2 fully saturated rings. The number of Topliss-reactive ketones (excluding diaryl/α,β-unsaturated/α-hetero) is 1. The molecule has 2 aliphatic heterocycles. The van der Waals surface area contributed by atoms with Crippen LogP contribution in [0.2, 0.25) is 5.02 Å². The lowest BCUT2D eigenvalue weighted by molar-refractivity contribution is -0.144. The number of hydrogen-bond donors (Lipinski definition) is 4. The van der Waals surface area contributed by atoms with E-state index >= 15 is 0 Å². The molecule has 2 aromatic carbocycles. The van der Waals surface area contributed by atoms with Crippen molar-refractivity contribution in [3.63, 3.8) is 0 Å². The molecule has 0 saturated carbocycles. The molecule has 12 nitrogen and oxygen atoms in total. The number of nitrogens with two attached hydrogens (primary N) is 1. The summed E-state index contributed by atoms with van der Waals surface area (Å²) in [5, 5.41) is 14.2. The maximum atomic E-state index is 14.4. The lowest BCUT2D eigenvalue weighted by Crippen LogP contribution is -2.61. The molecule has 3 atom stereocenters. The van der Waals surface area contributed by atoms with Gasteiger partial charge in [-0.1, -0.05) is 54.9 Å². The fourth-order valence-electron chi connectivity index (χ4n) is 6.04. The molecule has 2 aromatic rings. The molecular weight excluding hydrogens is 634 g/mol. The molecule has 3 unspecified atom stereocenters. The maximum Gasteiger partial charge on any atom is 0.244 e. The van der Waals surface area contributed by atoms with Gasteiger partial charge >= 0.3 is 0 Å². The number of amides is 2. The minimum absolute atomic E-state index is 0.0146. The van der Waals surface area contributed by atoms with Crippen molar-refractivity contribution in [2.24, 2.45) is 5.73 Å². The Morgan fingerprint density at radius 2 is 1.83 bits per heavy atom. The van der Waals surface area contributed by atoms with Crippen LogP contribution >= 0.6 is 11.6 Å². The molecule has 46 heavy (non-hydrogen) atoms. The smallest absolute Gasteiger partial charge is 0.244 e. The molecule has 2 amide bonds. The molecule has 2 aliphatic rings. The number of likely N-dealkylation sites (tertiary alicyclic amines) is 1. The highest BCUT2D eigenvalue weighted by atomic mass is 35.5. The van der Waals surface area contributed by atoms with Gasteiger partial charge < -0.3 is 30.7 Å². The van der Waals surface area contributed by atoms with Gasteiger partial charge in [0.2, 0.25) is 21.8 Å². The second-order valence-corrected chi connectivity index (χ2v) is 14.0. The summed E-state index contributed by atoms with van der Waals surface area (Å²) in [5.41, 5.74) is 6.36. The maximum absolute atomic E-state index is 14.4. The Morgan fingerprint density at radius 1 is 1.11 bits per heavy atom. The molecule has 0 aromatic heterocycles. The predicted octanol–water partition coefficient (Wildman–Crippen LogP) is 1.33. The summed E-state index contributed by atoms with van der Waals surface area (Å²) < 4.78 is 35.1. The third-order valence-corrected chi connectivity index (χ3v) is 10.3. The Labute approximate surface area is 275 Å². The zero-order valence-corrected chi connectivity index (χ0v) is 27.7. The van der Waals surface area contributed by atoms with Crippen molar-refractivity contribution in [1.29, 1.82) is 0 Å². The first-order valence-electron chi connectivity index (χ1n) is 15.6. The average Bonchev–Trinajstić information content (AvgIpc) is 3.44.